The highest BCUT2D eigenvalue weighted by atomic mass is 16.6. The molecule has 1 aromatic rings. The molecule has 0 heterocycles. The maximum Gasteiger partial charge on any atom is 0.270 e. The normalized spacial score (nSPS) is 10.5. The number of Topliss-reactive ketones (excluding diaryl/α,β-unsaturated/α-hetero) is 1. The molecule has 0 unspecified atom stereocenters. The second kappa shape index (κ2) is 5.62. The van der Waals surface area contributed by atoms with Crippen LogP contribution in [0.2, 0.25) is 0 Å². The van der Waals surface area contributed by atoms with Crippen molar-refractivity contribution in [1.82, 2.24) is 0 Å². The van der Waals surface area contributed by atoms with E-state index in [2.05, 4.69) is 0 Å². The third kappa shape index (κ3) is 2.85. The first-order valence-electron chi connectivity index (χ1n) is 5.94. The lowest BCUT2D eigenvalue weighted by molar-refractivity contribution is -0.384. The molecule has 0 atom stereocenters. The Labute approximate surface area is 107 Å². The monoisotopic (exact) mass is 250 g/mol. The number of nitrogens with zero attached hydrogens (tertiary/aromatic N) is 2. The molecule has 0 spiro atoms. The SMILES string of the molecule is CCN(c1ccc([N+](=O)[O-])cc1C(C)=O)C(C)C. The van der Waals surface area contributed by atoms with Gasteiger partial charge in [0.2, 0.25) is 0 Å². The smallest absolute Gasteiger partial charge is 0.270 e. The van der Waals surface area contributed by atoms with Crippen LogP contribution in [0.25, 0.3) is 0 Å². The number of anilines is 1. The van der Waals surface area contributed by atoms with Crippen molar-refractivity contribution < 1.29 is 9.72 Å². The number of nitro benzene ring substituents is 1. The Balaban J connectivity index is 3.35. The summed E-state index contributed by atoms with van der Waals surface area (Å²) in [5.41, 5.74) is 1.11. The van der Waals surface area contributed by atoms with E-state index in [-0.39, 0.29) is 17.5 Å². The Bertz CT molecular complexity index is 469. The molecular formula is C13H18N2O3. The first-order valence-corrected chi connectivity index (χ1v) is 5.94. The Hall–Kier alpha value is -1.91. The summed E-state index contributed by atoms with van der Waals surface area (Å²) in [6.45, 7) is 8.21. The summed E-state index contributed by atoms with van der Waals surface area (Å²) in [7, 11) is 0. The van der Waals surface area contributed by atoms with Crippen molar-refractivity contribution in [2.75, 3.05) is 11.4 Å². The van der Waals surface area contributed by atoms with E-state index in [9.17, 15) is 14.9 Å². The van der Waals surface area contributed by atoms with Gasteiger partial charge in [0.15, 0.2) is 5.78 Å². The molecule has 0 saturated carbocycles. The lowest BCUT2D eigenvalue weighted by atomic mass is 10.1. The number of hydrogen-bond acceptors (Lipinski definition) is 4. The summed E-state index contributed by atoms with van der Waals surface area (Å²) in [6, 6.07) is 4.67. The molecule has 0 aromatic heterocycles. The van der Waals surface area contributed by atoms with Crippen LogP contribution in [0.1, 0.15) is 38.1 Å². The van der Waals surface area contributed by atoms with Crippen molar-refractivity contribution in [2.45, 2.75) is 33.7 Å². The quantitative estimate of drug-likeness (QED) is 0.457. The van der Waals surface area contributed by atoms with E-state index in [1.165, 1.54) is 19.1 Å². The number of benzene rings is 1. The fourth-order valence-corrected chi connectivity index (χ4v) is 1.98. The van der Waals surface area contributed by atoms with E-state index < -0.39 is 4.92 Å². The predicted octanol–water partition coefficient (Wildman–Crippen LogP) is 3.03. The van der Waals surface area contributed by atoms with Crippen molar-refractivity contribution in [3.8, 4) is 0 Å². The molecule has 1 rings (SSSR count). The van der Waals surface area contributed by atoms with Gasteiger partial charge < -0.3 is 4.90 Å². The van der Waals surface area contributed by atoms with E-state index in [0.29, 0.717) is 5.56 Å². The summed E-state index contributed by atoms with van der Waals surface area (Å²) in [4.78, 5) is 23.9. The summed E-state index contributed by atoms with van der Waals surface area (Å²) < 4.78 is 0. The van der Waals surface area contributed by atoms with Crippen LogP contribution in [0.15, 0.2) is 18.2 Å². The van der Waals surface area contributed by atoms with Crippen molar-refractivity contribution in [2.24, 2.45) is 0 Å². The summed E-state index contributed by atoms with van der Waals surface area (Å²) in [6.07, 6.45) is 0. The minimum atomic E-state index is -0.484. The van der Waals surface area contributed by atoms with Gasteiger partial charge in [-0.25, -0.2) is 0 Å². The minimum absolute atomic E-state index is 0.0521. The molecule has 5 heteroatoms. The average Bonchev–Trinajstić information content (AvgIpc) is 2.29. The van der Waals surface area contributed by atoms with Crippen molar-refractivity contribution in [3.63, 3.8) is 0 Å². The van der Waals surface area contributed by atoms with E-state index in [1.807, 2.05) is 25.7 Å². The van der Waals surface area contributed by atoms with Gasteiger partial charge in [-0.05, 0) is 33.8 Å². The maximum absolute atomic E-state index is 11.6. The van der Waals surface area contributed by atoms with Gasteiger partial charge in [-0.3, -0.25) is 14.9 Å². The fraction of sp³-hybridized carbons (Fsp3) is 0.462. The number of carbonyl (C=O) groups is 1. The predicted molar refractivity (Wildman–Crippen MR) is 71.3 cm³/mol. The fourth-order valence-electron chi connectivity index (χ4n) is 1.98. The van der Waals surface area contributed by atoms with Crippen molar-refractivity contribution >= 4 is 17.2 Å². The Morgan fingerprint density at radius 3 is 2.44 bits per heavy atom. The third-order valence-electron chi connectivity index (χ3n) is 2.84. The van der Waals surface area contributed by atoms with Gasteiger partial charge in [0.05, 0.1) is 4.92 Å². The first-order chi connectivity index (χ1) is 8.38. The van der Waals surface area contributed by atoms with Gasteiger partial charge in [-0.1, -0.05) is 0 Å². The van der Waals surface area contributed by atoms with Crippen LogP contribution in [0.4, 0.5) is 11.4 Å². The molecule has 0 radical (unpaired) electrons. The summed E-state index contributed by atoms with van der Waals surface area (Å²) >= 11 is 0. The molecule has 0 fully saturated rings. The van der Waals surface area contributed by atoms with Crippen LogP contribution in [0.5, 0.6) is 0 Å². The van der Waals surface area contributed by atoms with Crippen LogP contribution >= 0.6 is 0 Å². The Kier molecular flexibility index (Phi) is 4.42. The minimum Gasteiger partial charge on any atom is -0.369 e. The highest BCUT2D eigenvalue weighted by Crippen LogP contribution is 2.27. The molecule has 0 aliphatic carbocycles. The van der Waals surface area contributed by atoms with Crippen LogP contribution in [0, 0.1) is 10.1 Å². The number of rotatable bonds is 5. The van der Waals surface area contributed by atoms with Crippen molar-refractivity contribution in [3.05, 3.63) is 33.9 Å². The number of hydrogen-bond donors (Lipinski definition) is 0. The van der Waals surface area contributed by atoms with Gasteiger partial charge >= 0.3 is 0 Å². The van der Waals surface area contributed by atoms with Crippen LogP contribution in [-0.2, 0) is 0 Å². The van der Waals surface area contributed by atoms with Gasteiger partial charge in [0, 0.05) is 36.0 Å². The molecular weight excluding hydrogens is 232 g/mol. The van der Waals surface area contributed by atoms with E-state index in [0.717, 1.165) is 12.2 Å². The van der Waals surface area contributed by atoms with Gasteiger partial charge in [0.1, 0.15) is 0 Å². The van der Waals surface area contributed by atoms with Crippen LogP contribution < -0.4 is 4.90 Å². The highest BCUT2D eigenvalue weighted by molar-refractivity contribution is 6.00. The van der Waals surface area contributed by atoms with Gasteiger partial charge in [-0.2, -0.15) is 0 Å². The number of nitro groups is 1. The second-order valence-corrected chi connectivity index (χ2v) is 4.39. The Morgan fingerprint density at radius 2 is 2.06 bits per heavy atom. The molecule has 1 aromatic carbocycles. The largest absolute Gasteiger partial charge is 0.369 e. The molecule has 18 heavy (non-hydrogen) atoms. The van der Waals surface area contributed by atoms with Gasteiger partial charge in [-0.15, -0.1) is 0 Å². The summed E-state index contributed by atoms with van der Waals surface area (Å²) in [5, 5.41) is 10.7. The van der Waals surface area contributed by atoms with Crippen molar-refractivity contribution in [1.29, 1.82) is 0 Å². The third-order valence-corrected chi connectivity index (χ3v) is 2.84. The lowest BCUT2D eigenvalue weighted by Crippen LogP contribution is -2.31. The molecule has 0 aliphatic heterocycles. The van der Waals surface area contributed by atoms with E-state index in [1.54, 1.807) is 6.07 Å². The molecule has 0 saturated heterocycles. The number of ketones is 1. The average molecular weight is 250 g/mol. The zero-order valence-electron chi connectivity index (χ0n) is 11.1. The van der Waals surface area contributed by atoms with Gasteiger partial charge in [0.25, 0.3) is 5.69 Å². The van der Waals surface area contributed by atoms with E-state index in [4.69, 9.17) is 0 Å². The highest BCUT2D eigenvalue weighted by Gasteiger charge is 2.18. The molecule has 0 aliphatic rings. The Morgan fingerprint density at radius 1 is 1.44 bits per heavy atom. The summed E-state index contributed by atoms with van der Waals surface area (Å²) in [5.74, 6) is -0.159. The lowest BCUT2D eigenvalue weighted by Gasteiger charge is -2.29. The first kappa shape index (κ1) is 14.2. The molecule has 5 nitrogen and oxygen atoms in total. The molecule has 0 N–H and O–H groups in total. The topological polar surface area (TPSA) is 63.4 Å². The molecule has 98 valence electrons. The molecule has 0 bridgehead atoms. The standard InChI is InChI=1S/C13H18N2O3/c1-5-14(9(2)3)13-7-6-11(15(17)18)8-12(13)10(4)16/h6-9H,5H2,1-4H3. The number of carbonyl (C=O) groups excluding carboxylic acids is 1. The maximum atomic E-state index is 11.6. The van der Waals surface area contributed by atoms with Crippen LogP contribution in [-0.4, -0.2) is 23.3 Å². The van der Waals surface area contributed by atoms with E-state index >= 15 is 0 Å². The molecule has 0 amide bonds. The zero-order chi connectivity index (χ0) is 13.9. The zero-order valence-corrected chi connectivity index (χ0v) is 11.1. The second-order valence-electron chi connectivity index (χ2n) is 4.39. The number of non-ortho nitro benzene ring substituents is 1. The van der Waals surface area contributed by atoms with Crippen LogP contribution in [0.3, 0.4) is 0 Å².